The zero-order valence-corrected chi connectivity index (χ0v) is 10.1. The van der Waals surface area contributed by atoms with E-state index in [2.05, 4.69) is 6.92 Å². The molecule has 0 bridgehead atoms. The topological polar surface area (TPSA) is 54.4 Å². The molecule has 0 heterocycles. The Labute approximate surface area is 97.2 Å². The van der Waals surface area contributed by atoms with Crippen LogP contribution in [0.2, 0.25) is 0 Å². The van der Waals surface area contributed by atoms with Gasteiger partial charge in [-0.25, -0.2) is 0 Å². The Kier molecular flexibility index (Phi) is 5.50. The maximum absolute atomic E-state index is 11.7. The first-order chi connectivity index (χ1) is 7.65. The molecule has 2 atom stereocenters. The first kappa shape index (κ1) is 13.2. The van der Waals surface area contributed by atoms with Gasteiger partial charge in [0.2, 0.25) is 0 Å². The summed E-state index contributed by atoms with van der Waals surface area (Å²) < 4.78 is 0. The van der Waals surface area contributed by atoms with E-state index in [0.29, 0.717) is 24.5 Å². The Balaban J connectivity index is 2.36. The molecule has 1 rings (SSSR count). The van der Waals surface area contributed by atoms with Crippen LogP contribution in [0.5, 0.6) is 0 Å². The first-order valence-corrected chi connectivity index (χ1v) is 6.39. The van der Waals surface area contributed by atoms with Crippen LogP contribution in [-0.2, 0) is 9.59 Å². The number of carbonyl (C=O) groups excluding carboxylic acids is 1. The van der Waals surface area contributed by atoms with Crippen molar-refractivity contribution in [2.24, 2.45) is 11.8 Å². The molecule has 1 aliphatic carbocycles. The number of carbonyl (C=O) groups is 2. The minimum atomic E-state index is -0.744. The van der Waals surface area contributed by atoms with Crippen LogP contribution in [0.1, 0.15) is 58.3 Å². The molecule has 1 N–H and O–H groups in total. The molecule has 1 aliphatic rings. The summed E-state index contributed by atoms with van der Waals surface area (Å²) in [5, 5.41) is 8.66. The third-order valence-electron chi connectivity index (χ3n) is 3.59. The molecule has 0 spiro atoms. The van der Waals surface area contributed by atoms with Crippen molar-refractivity contribution >= 4 is 11.8 Å². The summed E-state index contributed by atoms with van der Waals surface area (Å²) in [5.41, 5.74) is 0. The van der Waals surface area contributed by atoms with Crippen molar-refractivity contribution < 1.29 is 14.7 Å². The van der Waals surface area contributed by atoms with E-state index in [9.17, 15) is 9.59 Å². The van der Waals surface area contributed by atoms with Gasteiger partial charge in [0.05, 0.1) is 0 Å². The van der Waals surface area contributed by atoms with Gasteiger partial charge in [-0.1, -0.05) is 26.2 Å². The quantitative estimate of drug-likeness (QED) is 0.679. The molecule has 0 aromatic heterocycles. The number of carboxylic acid groups (broad SMARTS) is 1. The molecule has 1 fully saturated rings. The number of aliphatic carboxylic acids is 1. The molecule has 0 radical (unpaired) electrons. The zero-order valence-electron chi connectivity index (χ0n) is 10.1. The number of ketones is 1. The smallest absolute Gasteiger partial charge is 0.303 e. The summed E-state index contributed by atoms with van der Waals surface area (Å²) in [5.74, 6) is 0.115. The molecule has 0 saturated heterocycles. The van der Waals surface area contributed by atoms with E-state index >= 15 is 0 Å². The number of carboxylic acids is 1. The fourth-order valence-electron chi connectivity index (χ4n) is 2.64. The van der Waals surface area contributed by atoms with Gasteiger partial charge in [-0.15, -0.1) is 0 Å². The highest BCUT2D eigenvalue weighted by Gasteiger charge is 2.33. The normalized spacial score (nSPS) is 24.9. The summed E-state index contributed by atoms with van der Waals surface area (Å²) >= 11 is 0. The average Bonchev–Trinajstić information content (AvgIpc) is 2.58. The van der Waals surface area contributed by atoms with Gasteiger partial charge >= 0.3 is 5.97 Å². The van der Waals surface area contributed by atoms with E-state index in [1.165, 1.54) is 12.8 Å². The first-order valence-electron chi connectivity index (χ1n) is 6.39. The zero-order chi connectivity index (χ0) is 12.0. The predicted octanol–water partition coefficient (Wildman–Crippen LogP) is 3.03. The van der Waals surface area contributed by atoms with Crippen molar-refractivity contribution in [1.29, 1.82) is 0 Å². The summed E-state index contributed by atoms with van der Waals surface area (Å²) in [6.45, 7) is 2.15. The lowest BCUT2D eigenvalue weighted by Gasteiger charge is -2.17. The van der Waals surface area contributed by atoms with Gasteiger partial charge < -0.3 is 5.11 Å². The van der Waals surface area contributed by atoms with E-state index < -0.39 is 5.97 Å². The Morgan fingerprint density at radius 1 is 1.38 bits per heavy atom. The van der Waals surface area contributed by atoms with Crippen LogP contribution in [0, 0.1) is 11.8 Å². The third-order valence-corrected chi connectivity index (χ3v) is 3.59. The predicted molar refractivity (Wildman–Crippen MR) is 62.2 cm³/mol. The van der Waals surface area contributed by atoms with E-state index in [4.69, 9.17) is 5.11 Å². The van der Waals surface area contributed by atoms with Crippen molar-refractivity contribution in [3.05, 3.63) is 0 Å². The Hall–Kier alpha value is -0.860. The Morgan fingerprint density at radius 3 is 2.75 bits per heavy atom. The minimum absolute atomic E-state index is 0.158. The van der Waals surface area contributed by atoms with E-state index in [1.54, 1.807) is 0 Å². The summed E-state index contributed by atoms with van der Waals surface area (Å²) in [7, 11) is 0. The van der Waals surface area contributed by atoms with Crippen molar-refractivity contribution in [2.45, 2.75) is 58.3 Å². The van der Waals surface area contributed by atoms with Gasteiger partial charge in [0.1, 0.15) is 5.78 Å². The van der Waals surface area contributed by atoms with Crippen molar-refractivity contribution in [1.82, 2.24) is 0 Å². The minimum Gasteiger partial charge on any atom is -0.481 e. The lowest BCUT2D eigenvalue weighted by molar-refractivity contribution is -0.137. The van der Waals surface area contributed by atoms with Crippen LogP contribution in [0.3, 0.4) is 0 Å². The molecule has 3 heteroatoms. The second-order valence-corrected chi connectivity index (χ2v) is 4.80. The number of hydrogen-bond acceptors (Lipinski definition) is 2. The SMILES string of the molecule is CCCCCC1C(=O)CCC1CCC(=O)O. The molecule has 92 valence electrons. The molecule has 0 aliphatic heterocycles. The number of rotatable bonds is 7. The highest BCUT2D eigenvalue weighted by atomic mass is 16.4. The van der Waals surface area contributed by atoms with Crippen molar-refractivity contribution in [3.8, 4) is 0 Å². The van der Waals surface area contributed by atoms with Crippen LogP contribution in [0.15, 0.2) is 0 Å². The maximum atomic E-state index is 11.7. The van der Waals surface area contributed by atoms with Crippen LogP contribution >= 0.6 is 0 Å². The summed E-state index contributed by atoms with van der Waals surface area (Å²) in [6, 6.07) is 0. The van der Waals surface area contributed by atoms with Gasteiger partial charge in [-0.3, -0.25) is 9.59 Å². The molecule has 0 aromatic rings. The Morgan fingerprint density at radius 2 is 2.12 bits per heavy atom. The molecular weight excluding hydrogens is 204 g/mol. The average molecular weight is 226 g/mol. The monoisotopic (exact) mass is 226 g/mol. The van der Waals surface area contributed by atoms with E-state index in [-0.39, 0.29) is 12.3 Å². The second kappa shape index (κ2) is 6.66. The van der Waals surface area contributed by atoms with Gasteiger partial charge in [0.25, 0.3) is 0 Å². The number of unbranched alkanes of at least 4 members (excludes halogenated alkanes) is 2. The number of Topliss-reactive ketones (excluding diaryl/α,β-unsaturated/α-hetero) is 1. The van der Waals surface area contributed by atoms with Gasteiger partial charge in [-0.05, 0) is 25.2 Å². The summed E-state index contributed by atoms with van der Waals surface area (Å²) in [4.78, 5) is 22.2. The lowest BCUT2D eigenvalue weighted by atomic mass is 9.87. The fraction of sp³-hybridized carbons (Fsp3) is 0.846. The molecule has 16 heavy (non-hydrogen) atoms. The van der Waals surface area contributed by atoms with Crippen LogP contribution in [0.4, 0.5) is 0 Å². The largest absolute Gasteiger partial charge is 0.481 e. The van der Waals surface area contributed by atoms with Crippen molar-refractivity contribution in [2.75, 3.05) is 0 Å². The van der Waals surface area contributed by atoms with Gasteiger partial charge in [-0.2, -0.15) is 0 Å². The van der Waals surface area contributed by atoms with Crippen LogP contribution < -0.4 is 0 Å². The van der Waals surface area contributed by atoms with Crippen LogP contribution in [-0.4, -0.2) is 16.9 Å². The second-order valence-electron chi connectivity index (χ2n) is 4.80. The van der Waals surface area contributed by atoms with Crippen molar-refractivity contribution in [3.63, 3.8) is 0 Å². The molecule has 0 aromatic carbocycles. The standard InChI is InChI=1S/C13H22O3/c1-2-3-4-5-11-10(6-8-12(11)14)7-9-13(15)16/h10-11H,2-9H2,1H3,(H,15,16). The molecule has 0 amide bonds. The third kappa shape index (κ3) is 3.95. The summed E-state index contributed by atoms with van der Waals surface area (Å²) in [6.07, 6.45) is 6.88. The maximum Gasteiger partial charge on any atom is 0.303 e. The fourth-order valence-corrected chi connectivity index (χ4v) is 2.64. The van der Waals surface area contributed by atoms with Gasteiger partial charge in [0, 0.05) is 18.8 Å². The van der Waals surface area contributed by atoms with E-state index in [1.807, 2.05) is 0 Å². The van der Waals surface area contributed by atoms with Crippen LogP contribution in [0.25, 0.3) is 0 Å². The molecule has 2 unspecified atom stereocenters. The lowest BCUT2D eigenvalue weighted by Crippen LogP contribution is -2.16. The number of hydrogen-bond donors (Lipinski definition) is 1. The molecule has 1 saturated carbocycles. The van der Waals surface area contributed by atoms with E-state index in [0.717, 1.165) is 19.3 Å². The highest BCUT2D eigenvalue weighted by Crippen LogP contribution is 2.35. The highest BCUT2D eigenvalue weighted by molar-refractivity contribution is 5.83. The molecular formula is C13H22O3. The molecule has 3 nitrogen and oxygen atoms in total. The van der Waals surface area contributed by atoms with Gasteiger partial charge in [0.15, 0.2) is 0 Å². The Bertz CT molecular complexity index is 248.